The number of amides is 2. The number of carbonyl (C=O) groups is 2. The second-order valence-corrected chi connectivity index (χ2v) is 9.78. The summed E-state index contributed by atoms with van der Waals surface area (Å²) in [5.74, 6) is -1.56. The first kappa shape index (κ1) is 27.6. The molecule has 0 spiro atoms. The van der Waals surface area contributed by atoms with Crippen molar-refractivity contribution in [2.75, 3.05) is 51.2 Å². The van der Waals surface area contributed by atoms with Crippen molar-refractivity contribution in [1.29, 1.82) is 0 Å². The summed E-state index contributed by atoms with van der Waals surface area (Å²) in [6, 6.07) is 3.71. The number of rotatable bonds is 9. The Morgan fingerprint density at radius 3 is 2.40 bits per heavy atom. The number of hydrogen-bond acceptors (Lipinski definition) is 7. The molecule has 0 aliphatic heterocycles. The molecule has 1 aromatic carbocycles. The van der Waals surface area contributed by atoms with E-state index in [1.54, 1.807) is 26.1 Å². The number of nitrogens with one attached hydrogen (secondary N) is 2. The molecule has 0 saturated heterocycles. The number of sulfonamides is 1. The molecule has 12 heteroatoms. The van der Waals surface area contributed by atoms with Crippen molar-refractivity contribution in [3.8, 4) is 5.75 Å². The van der Waals surface area contributed by atoms with Crippen molar-refractivity contribution in [1.82, 2.24) is 15.2 Å². The predicted octanol–water partition coefficient (Wildman–Crippen LogP) is 2.33. The van der Waals surface area contributed by atoms with Crippen LogP contribution in [-0.4, -0.2) is 71.7 Å². The lowest BCUT2D eigenvalue weighted by Gasteiger charge is -2.23. The smallest absolute Gasteiger partial charge is 0.274 e. The minimum absolute atomic E-state index is 0.0196. The molecular weight excluding hydrogens is 477 g/mol. The first-order valence-electron chi connectivity index (χ1n) is 10.5. The summed E-state index contributed by atoms with van der Waals surface area (Å²) in [5, 5.41) is 5.61. The van der Waals surface area contributed by atoms with Gasteiger partial charge < -0.3 is 20.3 Å². The van der Waals surface area contributed by atoms with Gasteiger partial charge in [-0.15, -0.1) is 0 Å². The minimum atomic E-state index is -3.71. The van der Waals surface area contributed by atoms with Crippen LogP contribution < -0.4 is 19.7 Å². The maximum Gasteiger partial charge on any atom is 0.274 e. The number of halogens is 1. The Balaban J connectivity index is 2.59. The van der Waals surface area contributed by atoms with E-state index in [2.05, 4.69) is 15.6 Å². The molecule has 2 N–H and O–H groups in total. The van der Waals surface area contributed by atoms with Crippen LogP contribution in [0.5, 0.6) is 5.75 Å². The molecule has 190 valence electrons. The topological polar surface area (TPSA) is 121 Å². The van der Waals surface area contributed by atoms with Crippen LogP contribution in [-0.2, 0) is 16.6 Å². The van der Waals surface area contributed by atoms with Gasteiger partial charge in [-0.3, -0.25) is 13.9 Å². The van der Waals surface area contributed by atoms with Gasteiger partial charge in [-0.1, -0.05) is 18.2 Å². The van der Waals surface area contributed by atoms with E-state index in [0.29, 0.717) is 16.8 Å². The summed E-state index contributed by atoms with van der Waals surface area (Å²) in [5.41, 5.74) is 1.10. The number of hydrogen-bond donors (Lipinski definition) is 2. The van der Waals surface area contributed by atoms with Crippen LogP contribution in [0.3, 0.4) is 0 Å². The van der Waals surface area contributed by atoms with E-state index < -0.39 is 27.7 Å². The van der Waals surface area contributed by atoms with Crippen LogP contribution in [0.1, 0.15) is 38.9 Å². The van der Waals surface area contributed by atoms with E-state index in [1.165, 1.54) is 45.3 Å². The van der Waals surface area contributed by atoms with Crippen LogP contribution in [0.2, 0.25) is 0 Å². The standard InChI is InChI=1S/C23H30FN5O5S/c1-8-9-16-18(25-2)20(34-6)19(27-21(16)29(5)35(7,32)33)22(30)26-13-14-10-11-15(24)12-17(14)23(31)28(3)4/h8-12H,13H2,1-7H3,(H,25,27)(H,26,30)/b9-8-. The number of aromatic nitrogens is 1. The van der Waals surface area contributed by atoms with Gasteiger partial charge in [0.1, 0.15) is 5.82 Å². The summed E-state index contributed by atoms with van der Waals surface area (Å²) in [6.45, 7) is 1.65. The Hall–Kier alpha value is -3.67. The number of methoxy groups -OCH3 is 1. The number of pyridine rings is 1. The quantitative estimate of drug-likeness (QED) is 0.534. The van der Waals surface area contributed by atoms with Crippen molar-refractivity contribution in [3.05, 3.63) is 52.5 Å². The minimum Gasteiger partial charge on any atom is -0.492 e. The molecule has 0 unspecified atom stereocenters. The molecule has 2 rings (SSSR count). The number of allylic oxidation sites excluding steroid dienone is 1. The molecule has 2 amide bonds. The van der Waals surface area contributed by atoms with E-state index in [9.17, 15) is 22.4 Å². The fourth-order valence-electron chi connectivity index (χ4n) is 3.29. The Bertz CT molecular complexity index is 1260. The Morgan fingerprint density at radius 2 is 1.89 bits per heavy atom. The molecule has 0 atom stereocenters. The van der Waals surface area contributed by atoms with Gasteiger partial charge in [0.05, 0.1) is 19.1 Å². The van der Waals surface area contributed by atoms with E-state index in [-0.39, 0.29) is 29.4 Å². The highest BCUT2D eigenvalue weighted by Crippen LogP contribution is 2.38. The number of carbonyl (C=O) groups excluding carboxylic acids is 2. The fraction of sp³-hybridized carbons (Fsp3) is 0.348. The fourth-order valence-corrected chi connectivity index (χ4v) is 3.75. The zero-order valence-corrected chi connectivity index (χ0v) is 21.6. The van der Waals surface area contributed by atoms with Gasteiger partial charge >= 0.3 is 0 Å². The molecule has 0 radical (unpaired) electrons. The van der Waals surface area contributed by atoms with Crippen molar-refractivity contribution < 1.29 is 27.1 Å². The highest BCUT2D eigenvalue weighted by molar-refractivity contribution is 7.92. The zero-order chi connectivity index (χ0) is 26.5. The summed E-state index contributed by atoms with van der Waals surface area (Å²) in [7, 11) is 3.67. The lowest BCUT2D eigenvalue weighted by molar-refractivity contribution is 0.0823. The largest absolute Gasteiger partial charge is 0.492 e. The van der Waals surface area contributed by atoms with Crippen LogP contribution >= 0.6 is 0 Å². The number of nitrogens with zero attached hydrogens (tertiary/aromatic N) is 3. The third-order valence-electron chi connectivity index (χ3n) is 5.12. The van der Waals surface area contributed by atoms with E-state index in [4.69, 9.17) is 4.74 Å². The highest BCUT2D eigenvalue weighted by atomic mass is 32.2. The monoisotopic (exact) mass is 507 g/mol. The SMILES string of the molecule is C/C=C\c1c(N(C)S(C)(=O)=O)nc(C(=O)NCc2ccc(F)cc2C(=O)N(C)C)c(OC)c1NC. The molecule has 0 aliphatic carbocycles. The van der Waals surface area contributed by atoms with Crippen molar-refractivity contribution in [2.45, 2.75) is 13.5 Å². The number of anilines is 2. The van der Waals surface area contributed by atoms with Gasteiger partial charge in [-0.2, -0.15) is 0 Å². The van der Waals surface area contributed by atoms with E-state index in [1.807, 2.05) is 0 Å². The number of ether oxygens (including phenoxy) is 1. The predicted molar refractivity (Wildman–Crippen MR) is 134 cm³/mol. The van der Waals surface area contributed by atoms with Crippen LogP contribution in [0, 0.1) is 5.82 Å². The maximum absolute atomic E-state index is 13.8. The first-order valence-corrected chi connectivity index (χ1v) is 12.4. The van der Waals surface area contributed by atoms with Gasteiger partial charge in [-0.25, -0.2) is 17.8 Å². The van der Waals surface area contributed by atoms with E-state index >= 15 is 0 Å². The molecule has 0 bridgehead atoms. The molecule has 0 fully saturated rings. The van der Waals surface area contributed by atoms with Gasteiger partial charge in [0, 0.05) is 45.9 Å². The second kappa shape index (κ2) is 11.2. The Morgan fingerprint density at radius 1 is 1.23 bits per heavy atom. The van der Waals surface area contributed by atoms with Crippen LogP contribution in [0.4, 0.5) is 15.9 Å². The molecule has 2 aromatic rings. The second-order valence-electron chi connectivity index (χ2n) is 7.77. The summed E-state index contributed by atoms with van der Waals surface area (Å²) >= 11 is 0. The van der Waals surface area contributed by atoms with Gasteiger partial charge in [0.25, 0.3) is 11.8 Å². The molecule has 0 aliphatic rings. The van der Waals surface area contributed by atoms with E-state index in [0.717, 1.165) is 16.6 Å². The van der Waals surface area contributed by atoms with Gasteiger partial charge in [0.2, 0.25) is 10.0 Å². The highest BCUT2D eigenvalue weighted by Gasteiger charge is 2.27. The van der Waals surface area contributed by atoms with Crippen LogP contribution in [0.25, 0.3) is 6.08 Å². The zero-order valence-electron chi connectivity index (χ0n) is 20.8. The normalized spacial score (nSPS) is 11.3. The molecule has 1 heterocycles. The summed E-state index contributed by atoms with van der Waals surface area (Å²) in [4.78, 5) is 31.3. The maximum atomic E-state index is 13.8. The Kier molecular flexibility index (Phi) is 8.80. The van der Waals surface area contributed by atoms with Gasteiger partial charge in [0.15, 0.2) is 17.3 Å². The summed E-state index contributed by atoms with van der Waals surface area (Å²) < 4.78 is 44.7. The third-order valence-corrected chi connectivity index (χ3v) is 6.28. The van der Waals surface area contributed by atoms with Gasteiger partial charge in [-0.05, 0) is 24.6 Å². The van der Waals surface area contributed by atoms with Crippen molar-refractivity contribution in [2.24, 2.45) is 0 Å². The molecule has 10 nitrogen and oxygen atoms in total. The molecule has 0 saturated carbocycles. The lowest BCUT2D eigenvalue weighted by Crippen LogP contribution is -2.30. The average molecular weight is 508 g/mol. The summed E-state index contributed by atoms with van der Waals surface area (Å²) in [6.07, 6.45) is 4.38. The van der Waals surface area contributed by atoms with Crippen LogP contribution in [0.15, 0.2) is 24.3 Å². The third kappa shape index (κ3) is 6.07. The van der Waals surface area contributed by atoms with Crippen molar-refractivity contribution >= 4 is 39.4 Å². The first-order chi connectivity index (χ1) is 16.4. The molecule has 1 aromatic heterocycles. The average Bonchev–Trinajstić information content (AvgIpc) is 2.80. The molecular formula is C23H30FN5O5S. The number of benzene rings is 1. The Labute approximate surface area is 204 Å². The van der Waals surface area contributed by atoms with Crippen molar-refractivity contribution in [3.63, 3.8) is 0 Å². The molecule has 35 heavy (non-hydrogen) atoms. The lowest BCUT2D eigenvalue weighted by atomic mass is 10.1.